The van der Waals surface area contributed by atoms with Gasteiger partial charge in [0.2, 0.25) is 5.95 Å². The van der Waals surface area contributed by atoms with Gasteiger partial charge in [0.1, 0.15) is 0 Å². The maximum Gasteiger partial charge on any atom is 0.290 e. The van der Waals surface area contributed by atoms with Crippen molar-refractivity contribution in [3.05, 3.63) is 65.0 Å². The number of hydrogen-bond acceptors (Lipinski definition) is 8. The second kappa shape index (κ2) is 9.05. The van der Waals surface area contributed by atoms with Crippen molar-refractivity contribution in [3.63, 3.8) is 0 Å². The Morgan fingerprint density at radius 1 is 1.16 bits per heavy atom. The minimum atomic E-state index is -0.390. The van der Waals surface area contributed by atoms with Crippen molar-refractivity contribution < 1.29 is 9.59 Å². The van der Waals surface area contributed by atoms with Crippen LogP contribution < -0.4 is 10.6 Å². The van der Waals surface area contributed by atoms with Crippen molar-refractivity contribution in [1.82, 2.24) is 25.2 Å². The fraction of sp³-hybridized carbons (Fsp3) is 0.261. The number of thioether (sulfide) groups is 1. The fourth-order valence-corrected chi connectivity index (χ4v) is 4.67. The van der Waals surface area contributed by atoms with E-state index in [9.17, 15) is 9.59 Å². The molecule has 1 aromatic carbocycles. The quantitative estimate of drug-likeness (QED) is 0.575. The van der Waals surface area contributed by atoms with Crippen LogP contribution in [-0.2, 0) is 11.3 Å². The largest absolute Gasteiger partial charge is 0.350 e. The molecule has 5 rings (SSSR count). The number of piperidine rings is 1. The number of hydrogen-bond donors (Lipinski definition) is 2. The van der Waals surface area contributed by atoms with Gasteiger partial charge < -0.3 is 5.32 Å². The van der Waals surface area contributed by atoms with Gasteiger partial charge in [-0.25, -0.2) is 9.97 Å². The number of likely N-dealkylation sites (tertiary alicyclic amines) is 1. The highest BCUT2D eigenvalue weighted by Gasteiger charge is 2.25. The van der Waals surface area contributed by atoms with Crippen molar-refractivity contribution in [3.8, 4) is 0 Å². The van der Waals surface area contributed by atoms with Crippen molar-refractivity contribution >= 4 is 45.8 Å². The zero-order valence-corrected chi connectivity index (χ0v) is 18.1. The van der Waals surface area contributed by atoms with Crippen LogP contribution in [0.1, 0.15) is 24.2 Å². The number of carbonyl (C=O) groups excluding carboxylic acids is 2. The fourth-order valence-electron chi connectivity index (χ4n) is 4.00. The molecule has 2 saturated heterocycles. The third-order valence-corrected chi connectivity index (χ3v) is 6.29. The molecule has 0 unspecified atom stereocenters. The molecule has 0 bridgehead atoms. The van der Waals surface area contributed by atoms with Crippen LogP contribution in [0.2, 0.25) is 0 Å². The molecule has 8 nitrogen and oxygen atoms in total. The number of fused-ring (bicyclic) bond motifs is 1. The third kappa shape index (κ3) is 4.79. The number of anilines is 1. The summed E-state index contributed by atoms with van der Waals surface area (Å²) in [6.45, 7) is 2.70. The molecule has 2 N–H and O–H groups in total. The number of nitrogens with zero attached hydrogens (tertiary/aromatic N) is 4. The molecule has 2 fully saturated rings. The Morgan fingerprint density at radius 3 is 2.94 bits per heavy atom. The standard InChI is InChI=1S/C23H22N6O2S/c30-21-20(32-23(31)28-21)12-16-9-10-24-22(26-16)27-17-5-3-11-29(13-17)14-18-8-7-15-4-1-2-6-19(15)25-18/h1-2,4,6-10,12,17H,3,5,11,13-14H2,(H,24,26,27)(H,28,30,31)/t17-/m0/s1. The molecule has 0 aliphatic carbocycles. The van der Waals surface area contributed by atoms with Gasteiger partial charge in [-0.1, -0.05) is 24.3 Å². The summed E-state index contributed by atoms with van der Waals surface area (Å²) in [5, 5.41) is 6.46. The summed E-state index contributed by atoms with van der Waals surface area (Å²) in [7, 11) is 0. The molecule has 4 heterocycles. The van der Waals surface area contributed by atoms with E-state index in [0.717, 1.165) is 60.8 Å². The zero-order chi connectivity index (χ0) is 21.9. The second-order valence-corrected chi connectivity index (χ2v) is 8.89. The van der Waals surface area contributed by atoms with Gasteiger partial charge in [-0.3, -0.25) is 24.8 Å². The van der Waals surface area contributed by atoms with Crippen molar-refractivity contribution in [2.24, 2.45) is 0 Å². The Bertz CT molecular complexity index is 1210. The average molecular weight is 447 g/mol. The number of para-hydroxylation sites is 1. The summed E-state index contributed by atoms with van der Waals surface area (Å²) >= 11 is 0.880. The van der Waals surface area contributed by atoms with Gasteiger partial charge >= 0.3 is 0 Å². The summed E-state index contributed by atoms with van der Waals surface area (Å²) in [6.07, 6.45) is 5.37. The zero-order valence-electron chi connectivity index (χ0n) is 17.3. The minimum absolute atomic E-state index is 0.220. The topological polar surface area (TPSA) is 100 Å². The molecule has 2 aliphatic rings. The Balaban J connectivity index is 1.23. The first-order valence-electron chi connectivity index (χ1n) is 10.5. The third-order valence-electron chi connectivity index (χ3n) is 5.48. The van der Waals surface area contributed by atoms with Crippen LogP contribution in [0.15, 0.2) is 53.6 Å². The lowest BCUT2D eigenvalue weighted by Gasteiger charge is -2.33. The van der Waals surface area contributed by atoms with E-state index in [-0.39, 0.29) is 11.3 Å². The van der Waals surface area contributed by atoms with E-state index in [4.69, 9.17) is 4.98 Å². The first-order valence-corrected chi connectivity index (χ1v) is 11.4. The van der Waals surface area contributed by atoms with E-state index < -0.39 is 5.91 Å². The highest BCUT2D eigenvalue weighted by Crippen LogP contribution is 2.25. The molecular weight excluding hydrogens is 424 g/mol. The second-order valence-electron chi connectivity index (χ2n) is 7.87. The van der Waals surface area contributed by atoms with Crippen LogP contribution >= 0.6 is 11.8 Å². The molecular formula is C23H22N6O2S. The minimum Gasteiger partial charge on any atom is -0.350 e. The van der Waals surface area contributed by atoms with E-state index in [1.165, 1.54) is 0 Å². The molecule has 2 amide bonds. The van der Waals surface area contributed by atoms with Crippen LogP contribution in [0, 0.1) is 0 Å². The highest BCUT2D eigenvalue weighted by molar-refractivity contribution is 8.18. The SMILES string of the molecule is O=C1NC(=O)C(=Cc2ccnc(N[C@H]3CCCN(Cc4ccc5ccccc5n4)C3)n2)S1. The van der Waals surface area contributed by atoms with E-state index in [2.05, 4.69) is 43.7 Å². The van der Waals surface area contributed by atoms with Crippen molar-refractivity contribution in [1.29, 1.82) is 0 Å². The molecule has 2 aliphatic heterocycles. The molecule has 2 aromatic heterocycles. The first kappa shape index (κ1) is 20.6. The molecule has 0 saturated carbocycles. The van der Waals surface area contributed by atoms with Gasteiger partial charge in [-0.2, -0.15) is 0 Å². The van der Waals surface area contributed by atoms with Crippen LogP contribution in [0.4, 0.5) is 10.7 Å². The lowest BCUT2D eigenvalue weighted by Crippen LogP contribution is -2.42. The van der Waals surface area contributed by atoms with E-state index in [0.29, 0.717) is 16.5 Å². The van der Waals surface area contributed by atoms with Crippen LogP contribution in [0.25, 0.3) is 17.0 Å². The highest BCUT2D eigenvalue weighted by atomic mass is 32.2. The molecule has 32 heavy (non-hydrogen) atoms. The van der Waals surface area contributed by atoms with Crippen LogP contribution in [-0.4, -0.2) is 50.1 Å². The lowest BCUT2D eigenvalue weighted by molar-refractivity contribution is -0.115. The van der Waals surface area contributed by atoms with Crippen LogP contribution in [0.3, 0.4) is 0 Å². The molecule has 0 spiro atoms. The smallest absolute Gasteiger partial charge is 0.290 e. The maximum absolute atomic E-state index is 11.8. The van der Waals surface area contributed by atoms with Crippen LogP contribution in [0.5, 0.6) is 0 Å². The number of carbonyl (C=O) groups is 2. The van der Waals surface area contributed by atoms with Gasteiger partial charge in [-0.05, 0) is 55.4 Å². The predicted molar refractivity (Wildman–Crippen MR) is 125 cm³/mol. The number of amides is 2. The van der Waals surface area contributed by atoms with E-state index >= 15 is 0 Å². The number of benzene rings is 1. The first-order chi connectivity index (χ1) is 15.6. The number of imide groups is 1. The molecule has 0 radical (unpaired) electrons. The average Bonchev–Trinajstić information content (AvgIpc) is 3.10. The Morgan fingerprint density at radius 2 is 2.06 bits per heavy atom. The van der Waals surface area contributed by atoms with Gasteiger partial charge in [0.15, 0.2) is 0 Å². The lowest BCUT2D eigenvalue weighted by atomic mass is 10.1. The molecule has 9 heteroatoms. The normalized spacial score (nSPS) is 20.6. The van der Waals surface area contributed by atoms with Gasteiger partial charge in [0, 0.05) is 30.7 Å². The van der Waals surface area contributed by atoms with E-state index in [1.807, 2.05) is 18.2 Å². The maximum atomic E-state index is 11.8. The molecule has 1 atom stereocenters. The number of nitrogens with one attached hydrogen (secondary N) is 2. The number of pyridine rings is 1. The number of aromatic nitrogens is 3. The summed E-state index contributed by atoms with van der Waals surface area (Å²) in [6, 6.07) is 14.3. The Kier molecular flexibility index (Phi) is 5.83. The number of rotatable bonds is 5. The monoisotopic (exact) mass is 446 g/mol. The Hall–Kier alpha value is -3.30. The predicted octanol–water partition coefficient (Wildman–Crippen LogP) is 3.43. The van der Waals surface area contributed by atoms with Gasteiger partial charge in [0.05, 0.1) is 21.8 Å². The summed E-state index contributed by atoms with van der Waals surface area (Å²) < 4.78 is 0. The Labute approximate surface area is 189 Å². The van der Waals surface area contributed by atoms with Crippen molar-refractivity contribution in [2.75, 3.05) is 18.4 Å². The van der Waals surface area contributed by atoms with Crippen molar-refractivity contribution in [2.45, 2.75) is 25.4 Å². The van der Waals surface area contributed by atoms with Gasteiger partial charge in [0.25, 0.3) is 11.1 Å². The summed E-state index contributed by atoms with van der Waals surface area (Å²) in [5.41, 5.74) is 2.67. The summed E-state index contributed by atoms with van der Waals surface area (Å²) in [4.78, 5) is 39.5. The summed E-state index contributed by atoms with van der Waals surface area (Å²) in [5.74, 6) is 0.128. The van der Waals surface area contributed by atoms with Gasteiger partial charge in [-0.15, -0.1) is 0 Å². The molecule has 162 valence electrons. The molecule has 3 aromatic rings. The van der Waals surface area contributed by atoms with E-state index in [1.54, 1.807) is 18.3 Å².